The molecule has 1 atom stereocenters. The van der Waals surface area contributed by atoms with E-state index in [9.17, 15) is 19.2 Å². The average molecular weight is 391 g/mol. The van der Waals surface area contributed by atoms with E-state index >= 15 is 0 Å². The van der Waals surface area contributed by atoms with Gasteiger partial charge in [-0.25, -0.2) is 15.0 Å². The van der Waals surface area contributed by atoms with Crippen LogP contribution in [0.2, 0.25) is 0 Å². The van der Waals surface area contributed by atoms with E-state index in [-0.39, 0.29) is 13.2 Å². The van der Waals surface area contributed by atoms with E-state index in [1.807, 2.05) is 18.2 Å². The van der Waals surface area contributed by atoms with Crippen molar-refractivity contribution in [3.8, 4) is 0 Å². The van der Waals surface area contributed by atoms with Gasteiger partial charge in [0.2, 0.25) is 0 Å². The van der Waals surface area contributed by atoms with Crippen molar-refractivity contribution in [2.45, 2.75) is 51.9 Å². The quantitative estimate of drug-likeness (QED) is 0.456. The molecular formula is C19H25N3O6. The van der Waals surface area contributed by atoms with Gasteiger partial charge in [-0.2, -0.15) is 0 Å². The summed E-state index contributed by atoms with van der Waals surface area (Å²) in [5.41, 5.74) is 4.35. The Morgan fingerprint density at radius 3 is 2.43 bits per heavy atom. The highest BCUT2D eigenvalue weighted by molar-refractivity contribution is 6.33. The standard InChI is InChI=1S/C19H25N3O6/c1-19(2,3)28-17(25)16(24)22-11-7-10-14(22)15(23)20-21-18(26)27-12-13-8-5-4-6-9-13/h4-6,8-9,14H,7,10-12H2,1-3H3,(H,20,23)(H,21,26). The number of amides is 3. The number of carbonyl (C=O) groups excluding carboxylic acids is 4. The highest BCUT2D eigenvalue weighted by Gasteiger charge is 2.38. The largest absolute Gasteiger partial charge is 0.453 e. The van der Waals surface area contributed by atoms with Crippen LogP contribution in [-0.4, -0.2) is 47.0 Å². The molecular weight excluding hydrogens is 366 g/mol. The molecule has 1 heterocycles. The molecule has 0 spiro atoms. The van der Waals surface area contributed by atoms with Crippen molar-refractivity contribution in [1.82, 2.24) is 15.8 Å². The van der Waals surface area contributed by atoms with Crippen LogP contribution in [0.5, 0.6) is 0 Å². The summed E-state index contributed by atoms with van der Waals surface area (Å²) in [7, 11) is 0. The molecule has 9 heteroatoms. The van der Waals surface area contributed by atoms with Gasteiger partial charge in [0.05, 0.1) is 0 Å². The fraction of sp³-hybridized carbons (Fsp3) is 0.474. The predicted octanol–water partition coefficient (Wildman–Crippen LogP) is 1.28. The number of ether oxygens (including phenoxy) is 2. The lowest BCUT2D eigenvalue weighted by molar-refractivity contribution is -0.168. The third-order valence-corrected chi connectivity index (χ3v) is 3.89. The zero-order valence-electron chi connectivity index (χ0n) is 16.2. The average Bonchev–Trinajstić information content (AvgIpc) is 3.13. The minimum atomic E-state index is -1.01. The summed E-state index contributed by atoms with van der Waals surface area (Å²) in [6, 6.07) is 8.20. The summed E-state index contributed by atoms with van der Waals surface area (Å²) in [4.78, 5) is 49.4. The smallest absolute Gasteiger partial charge is 0.426 e. The molecule has 0 aliphatic carbocycles. The molecule has 0 aromatic heterocycles. The molecule has 1 aromatic carbocycles. The number of esters is 1. The van der Waals surface area contributed by atoms with E-state index in [0.29, 0.717) is 12.8 Å². The molecule has 1 saturated heterocycles. The van der Waals surface area contributed by atoms with Crippen LogP contribution in [0.4, 0.5) is 4.79 Å². The van der Waals surface area contributed by atoms with Crippen molar-refractivity contribution in [1.29, 1.82) is 0 Å². The van der Waals surface area contributed by atoms with Crippen molar-refractivity contribution in [3.63, 3.8) is 0 Å². The van der Waals surface area contributed by atoms with Crippen LogP contribution >= 0.6 is 0 Å². The van der Waals surface area contributed by atoms with Crippen LogP contribution in [0.3, 0.4) is 0 Å². The molecule has 1 aromatic rings. The molecule has 1 aliphatic heterocycles. The summed E-state index contributed by atoms with van der Waals surface area (Å²) < 4.78 is 10.0. The first-order valence-corrected chi connectivity index (χ1v) is 8.98. The molecule has 152 valence electrons. The predicted molar refractivity (Wildman–Crippen MR) is 98.5 cm³/mol. The fourth-order valence-corrected chi connectivity index (χ4v) is 2.68. The van der Waals surface area contributed by atoms with Gasteiger partial charge in [0.15, 0.2) is 0 Å². The SMILES string of the molecule is CC(C)(C)OC(=O)C(=O)N1CCCC1C(=O)NNC(=O)OCc1ccccc1. The number of hydrazine groups is 1. The van der Waals surface area contributed by atoms with Crippen LogP contribution in [-0.2, 0) is 30.5 Å². The van der Waals surface area contributed by atoms with Gasteiger partial charge in [-0.15, -0.1) is 0 Å². The molecule has 1 aliphatic rings. The third kappa shape index (κ3) is 6.26. The van der Waals surface area contributed by atoms with E-state index in [2.05, 4.69) is 10.9 Å². The summed E-state index contributed by atoms with van der Waals surface area (Å²) in [5, 5.41) is 0. The third-order valence-electron chi connectivity index (χ3n) is 3.89. The minimum absolute atomic E-state index is 0.0508. The maximum atomic E-state index is 12.3. The molecule has 9 nitrogen and oxygen atoms in total. The summed E-state index contributed by atoms with van der Waals surface area (Å²) in [5.74, 6) is -2.49. The monoisotopic (exact) mass is 391 g/mol. The van der Waals surface area contributed by atoms with Crippen molar-refractivity contribution in [3.05, 3.63) is 35.9 Å². The topological polar surface area (TPSA) is 114 Å². The molecule has 2 rings (SSSR count). The van der Waals surface area contributed by atoms with Crippen LogP contribution in [0.25, 0.3) is 0 Å². The zero-order valence-corrected chi connectivity index (χ0v) is 16.2. The Hall–Kier alpha value is -3.10. The van der Waals surface area contributed by atoms with Crippen molar-refractivity contribution < 1.29 is 28.7 Å². The Morgan fingerprint density at radius 1 is 1.11 bits per heavy atom. The number of benzene rings is 1. The van der Waals surface area contributed by atoms with Gasteiger partial charge in [0.1, 0.15) is 18.2 Å². The first-order valence-electron chi connectivity index (χ1n) is 8.98. The Kier molecular flexibility index (Phi) is 6.97. The van der Waals surface area contributed by atoms with Crippen LogP contribution < -0.4 is 10.9 Å². The Balaban J connectivity index is 1.82. The molecule has 0 radical (unpaired) electrons. The number of likely N-dealkylation sites (tertiary alicyclic amines) is 1. The Morgan fingerprint density at radius 2 is 1.79 bits per heavy atom. The van der Waals surface area contributed by atoms with Gasteiger partial charge in [0, 0.05) is 6.54 Å². The van der Waals surface area contributed by atoms with Gasteiger partial charge in [-0.05, 0) is 39.2 Å². The first-order chi connectivity index (χ1) is 13.2. The van der Waals surface area contributed by atoms with Crippen molar-refractivity contribution in [2.24, 2.45) is 0 Å². The number of nitrogens with zero attached hydrogens (tertiary/aromatic N) is 1. The van der Waals surface area contributed by atoms with Gasteiger partial charge < -0.3 is 14.4 Å². The number of rotatable bonds is 3. The van der Waals surface area contributed by atoms with Gasteiger partial charge in [-0.1, -0.05) is 30.3 Å². The molecule has 0 bridgehead atoms. The lowest BCUT2D eigenvalue weighted by Crippen LogP contribution is -2.53. The number of nitrogens with one attached hydrogen (secondary N) is 2. The van der Waals surface area contributed by atoms with Gasteiger partial charge in [-0.3, -0.25) is 15.0 Å². The summed E-state index contributed by atoms with van der Waals surface area (Å²) >= 11 is 0. The maximum Gasteiger partial charge on any atom is 0.426 e. The first kappa shape index (κ1) is 21.2. The molecule has 1 fully saturated rings. The molecule has 28 heavy (non-hydrogen) atoms. The van der Waals surface area contributed by atoms with Crippen LogP contribution in [0.15, 0.2) is 30.3 Å². The highest BCUT2D eigenvalue weighted by atomic mass is 16.6. The normalized spacial score (nSPS) is 16.2. The lowest BCUT2D eigenvalue weighted by Gasteiger charge is -2.25. The molecule has 3 amide bonds. The van der Waals surface area contributed by atoms with Gasteiger partial charge >= 0.3 is 18.0 Å². The Labute approximate surface area is 163 Å². The molecule has 0 saturated carbocycles. The fourth-order valence-electron chi connectivity index (χ4n) is 2.68. The van der Waals surface area contributed by atoms with Gasteiger partial charge in [0.25, 0.3) is 5.91 Å². The van der Waals surface area contributed by atoms with Crippen LogP contribution in [0.1, 0.15) is 39.2 Å². The van der Waals surface area contributed by atoms with E-state index < -0.39 is 35.5 Å². The highest BCUT2D eigenvalue weighted by Crippen LogP contribution is 2.19. The zero-order chi connectivity index (χ0) is 20.7. The van der Waals surface area contributed by atoms with Crippen molar-refractivity contribution >= 4 is 23.9 Å². The number of hydrogen-bond donors (Lipinski definition) is 2. The maximum absolute atomic E-state index is 12.3. The number of hydrogen-bond acceptors (Lipinski definition) is 6. The molecule has 1 unspecified atom stereocenters. The van der Waals surface area contributed by atoms with E-state index in [1.54, 1.807) is 32.9 Å². The lowest BCUT2D eigenvalue weighted by atomic mass is 10.2. The second-order valence-electron chi connectivity index (χ2n) is 7.33. The van der Waals surface area contributed by atoms with E-state index in [4.69, 9.17) is 9.47 Å². The van der Waals surface area contributed by atoms with E-state index in [0.717, 1.165) is 10.5 Å². The van der Waals surface area contributed by atoms with Crippen LogP contribution in [0, 0.1) is 0 Å². The summed E-state index contributed by atoms with van der Waals surface area (Å²) in [6.45, 7) is 5.26. The second kappa shape index (κ2) is 9.20. The van der Waals surface area contributed by atoms with Crippen molar-refractivity contribution in [2.75, 3.05) is 6.54 Å². The Bertz CT molecular complexity index is 729. The summed E-state index contributed by atoms with van der Waals surface area (Å²) in [6.07, 6.45) is 0.104. The second-order valence-corrected chi connectivity index (χ2v) is 7.33. The molecule has 2 N–H and O–H groups in total. The minimum Gasteiger partial charge on any atom is -0.453 e. The van der Waals surface area contributed by atoms with E-state index in [1.165, 1.54) is 0 Å². The number of carbonyl (C=O) groups is 4.